The van der Waals surface area contributed by atoms with Gasteiger partial charge in [-0.2, -0.15) is 0 Å². The van der Waals surface area contributed by atoms with E-state index in [2.05, 4.69) is 19.2 Å². The van der Waals surface area contributed by atoms with Crippen LogP contribution in [0.5, 0.6) is 0 Å². The third kappa shape index (κ3) is 3.03. The summed E-state index contributed by atoms with van der Waals surface area (Å²) in [7, 11) is 3.20. The fourth-order valence-corrected chi connectivity index (χ4v) is 3.21. The highest BCUT2D eigenvalue weighted by Gasteiger charge is 2.25. The van der Waals surface area contributed by atoms with E-state index < -0.39 is 0 Å². The van der Waals surface area contributed by atoms with Crippen molar-refractivity contribution in [3.63, 3.8) is 0 Å². The first kappa shape index (κ1) is 15.0. The summed E-state index contributed by atoms with van der Waals surface area (Å²) in [6.45, 7) is 5.10. The van der Waals surface area contributed by atoms with Gasteiger partial charge in [0.2, 0.25) is 0 Å². The highest BCUT2D eigenvalue weighted by atomic mass is 16.2. The highest BCUT2D eigenvalue weighted by Crippen LogP contribution is 2.28. The van der Waals surface area contributed by atoms with Crippen LogP contribution in [0.1, 0.15) is 38.7 Å². The fraction of sp³-hybridized carbons (Fsp3) is 0.733. The van der Waals surface area contributed by atoms with Gasteiger partial charge in [-0.15, -0.1) is 0 Å². The van der Waals surface area contributed by atoms with Crippen molar-refractivity contribution in [1.82, 2.24) is 14.5 Å². The first-order chi connectivity index (χ1) is 9.40. The zero-order valence-electron chi connectivity index (χ0n) is 12.8. The van der Waals surface area contributed by atoms with E-state index in [0.717, 1.165) is 12.3 Å². The predicted octanol–water partition coefficient (Wildman–Crippen LogP) is 0.998. The summed E-state index contributed by atoms with van der Waals surface area (Å²) in [5.41, 5.74) is 0.177. The van der Waals surface area contributed by atoms with E-state index in [9.17, 15) is 9.59 Å². The van der Waals surface area contributed by atoms with Crippen LogP contribution in [0.15, 0.2) is 15.8 Å². The lowest BCUT2D eigenvalue weighted by molar-refractivity contribution is 0.227. The Bertz CT molecular complexity index is 588. The van der Waals surface area contributed by atoms with E-state index in [1.54, 1.807) is 13.2 Å². The van der Waals surface area contributed by atoms with Crippen molar-refractivity contribution in [3.05, 3.63) is 32.6 Å². The summed E-state index contributed by atoms with van der Waals surface area (Å²) in [4.78, 5) is 23.7. The van der Waals surface area contributed by atoms with Gasteiger partial charge < -0.3 is 9.88 Å². The molecule has 1 aliphatic rings. The van der Waals surface area contributed by atoms with Crippen molar-refractivity contribution >= 4 is 0 Å². The molecule has 1 N–H and O–H groups in total. The molecule has 1 aliphatic carbocycles. The lowest BCUT2D eigenvalue weighted by Crippen LogP contribution is -2.43. The number of aryl methyl sites for hydroxylation is 1. The van der Waals surface area contributed by atoms with Gasteiger partial charge in [-0.05, 0) is 31.1 Å². The topological polar surface area (TPSA) is 56.0 Å². The van der Waals surface area contributed by atoms with Crippen molar-refractivity contribution in [1.29, 1.82) is 0 Å². The summed E-state index contributed by atoms with van der Waals surface area (Å²) in [5, 5.41) is 3.49. The van der Waals surface area contributed by atoms with Crippen LogP contribution >= 0.6 is 0 Å². The van der Waals surface area contributed by atoms with Crippen LogP contribution < -0.4 is 16.6 Å². The van der Waals surface area contributed by atoms with Gasteiger partial charge >= 0.3 is 5.69 Å². The predicted molar refractivity (Wildman–Crippen MR) is 79.7 cm³/mol. The molecule has 1 aromatic rings. The van der Waals surface area contributed by atoms with Crippen LogP contribution in [0.2, 0.25) is 0 Å². The van der Waals surface area contributed by atoms with Gasteiger partial charge in [0.15, 0.2) is 0 Å². The monoisotopic (exact) mass is 279 g/mol. The molecule has 1 fully saturated rings. The maximum absolute atomic E-state index is 12.1. The quantitative estimate of drug-likeness (QED) is 0.898. The minimum Gasteiger partial charge on any atom is -0.309 e. The van der Waals surface area contributed by atoms with Crippen LogP contribution in [0, 0.1) is 11.8 Å². The summed E-state index contributed by atoms with van der Waals surface area (Å²) < 4.78 is 2.63. The molecule has 2 rings (SSSR count). The van der Waals surface area contributed by atoms with Crippen LogP contribution in [0.4, 0.5) is 0 Å². The molecule has 0 aliphatic heterocycles. The Morgan fingerprint density at radius 1 is 1.25 bits per heavy atom. The molecule has 5 nitrogen and oxygen atoms in total. The molecule has 0 aromatic carbocycles. The molecular weight excluding hydrogens is 254 g/mol. The Morgan fingerprint density at radius 2 is 1.95 bits per heavy atom. The van der Waals surface area contributed by atoms with Gasteiger partial charge in [-0.25, -0.2) is 4.79 Å². The van der Waals surface area contributed by atoms with Gasteiger partial charge in [0.1, 0.15) is 0 Å². The fourth-order valence-electron chi connectivity index (χ4n) is 3.21. The molecule has 20 heavy (non-hydrogen) atoms. The van der Waals surface area contributed by atoms with Crippen molar-refractivity contribution in [3.8, 4) is 0 Å². The molecular formula is C15H25N3O2. The minimum atomic E-state index is -0.279. The molecule has 0 radical (unpaired) electrons. The van der Waals surface area contributed by atoms with Gasteiger partial charge in [0.25, 0.3) is 5.56 Å². The molecule has 3 unspecified atom stereocenters. The number of nitrogens with one attached hydrogen (secondary N) is 1. The molecule has 0 spiro atoms. The Kier molecular flexibility index (Phi) is 4.48. The number of hydrogen-bond donors (Lipinski definition) is 1. The Balaban J connectivity index is 2.08. The largest absolute Gasteiger partial charge is 0.330 e. The van der Waals surface area contributed by atoms with E-state index in [1.165, 1.54) is 29.0 Å². The number of hydrogen-bond acceptors (Lipinski definition) is 3. The van der Waals surface area contributed by atoms with E-state index in [0.29, 0.717) is 24.1 Å². The summed E-state index contributed by atoms with van der Waals surface area (Å²) in [6, 6.07) is 0.466. The first-order valence-corrected chi connectivity index (χ1v) is 7.39. The van der Waals surface area contributed by atoms with E-state index >= 15 is 0 Å². The van der Waals surface area contributed by atoms with E-state index in [1.807, 2.05) is 0 Å². The smallest absolute Gasteiger partial charge is 0.309 e. The molecule has 1 saturated carbocycles. The third-order valence-electron chi connectivity index (χ3n) is 4.50. The molecule has 0 amide bonds. The Hall–Kier alpha value is -1.36. The summed E-state index contributed by atoms with van der Waals surface area (Å²) in [5.74, 6) is 1.43. The third-order valence-corrected chi connectivity index (χ3v) is 4.50. The second-order valence-corrected chi connectivity index (χ2v) is 6.29. The maximum atomic E-state index is 12.1. The Labute approximate surface area is 119 Å². The number of rotatable bonds is 3. The summed E-state index contributed by atoms with van der Waals surface area (Å²) in [6.07, 6.45) is 5.29. The first-order valence-electron chi connectivity index (χ1n) is 7.39. The van der Waals surface area contributed by atoms with Crippen LogP contribution in [0.25, 0.3) is 0 Å². The van der Waals surface area contributed by atoms with Gasteiger partial charge in [0.05, 0.1) is 0 Å². The average molecular weight is 279 g/mol. The highest BCUT2D eigenvalue weighted by molar-refractivity contribution is 5.05. The second kappa shape index (κ2) is 5.95. The van der Waals surface area contributed by atoms with Gasteiger partial charge in [0, 0.05) is 38.4 Å². The van der Waals surface area contributed by atoms with Gasteiger partial charge in [-0.3, -0.25) is 9.36 Å². The van der Waals surface area contributed by atoms with Crippen molar-refractivity contribution in [2.75, 3.05) is 0 Å². The molecule has 1 heterocycles. The molecule has 0 bridgehead atoms. The SMILES string of the molecule is CC1CCC(NCc2cn(C)c(=O)n(C)c2=O)C(C)C1. The van der Waals surface area contributed by atoms with E-state index in [4.69, 9.17) is 0 Å². The number of aromatic nitrogens is 2. The minimum absolute atomic E-state index is 0.197. The van der Waals surface area contributed by atoms with Crippen molar-refractivity contribution in [2.45, 2.75) is 45.7 Å². The Morgan fingerprint density at radius 3 is 2.60 bits per heavy atom. The standard InChI is InChI=1S/C15H25N3O2/c1-10-5-6-13(11(2)7-10)16-8-12-9-17(3)15(20)18(4)14(12)19/h9-11,13,16H,5-8H2,1-4H3. The zero-order chi connectivity index (χ0) is 14.9. The summed E-state index contributed by atoms with van der Waals surface area (Å²) >= 11 is 0. The van der Waals surface area contributed by atoms with Crippen LogP contribution in [-0.2, 0) is 20.6 Å². The molecule has 3 atom stereocenters. The number of nitrogens with zero attached hydrogens (tertiary/aromatic N) is 2. The van der Waals surface area contributed by atoms with Crippen LogP contribution in [0.3, 0.4) is 0 Å². The van der Waals surface area contributed by atoms with Crippen molar-refractivity contribution < 1.29 is 0 Å². The maximum Gasteiger partial charge on any atom is 0.330 e. The lowest BCUT2D eigenvalue weighted by atomic mass is 9.80. The average Bonchev–Trinajstić information content (AvgIpc) is 2.40. The zero-order valence-corrected chi connectivity index (χ0v) is 12.8. The van der Waals surface area contributed by atoms with Gasteiger partial charge in [-0.1, -0.05) is 13.8 Å². The van der Waals surface area contributed by atoms with Crippen molar-refractivity contribution in [2.24, 2.45) is 25.9 Å². The van der Waals surface area contributed by atoms with Crippen LogP contribution in [-0.4, -0.2) is 15.2 Å². The molecule has 0 saturated heterocycles. The second-order valence-electron chi connectivity index (χ2n) is 6.29. The lowest BCUT2D eigenvalue weighted by Gasteiger charge is -2.33. The molecule has 1 aromatic heterocycles. The molecule has 112 valence electrons. The van der Waals surface area contributed by atoms with E-state index in [-0.39, 0.29) is 11.2 Å². The normalized spacial score (nSPS) is 26.7. The molecule has 5 heteroatoms.